The van der Waals surface area contributed by atoms with E-state index < -0.39 is 11.9 Å². The zero-order valence-electron chi connectivity index (χ0n) is 16.6. The van der Waals surface area contributed by atoms with Crippen LogP contribution in [0.5, 0.6) is 0 Å². The summed E-state index contributed by atoms with van der Waals surface area (Å²) in [6, 6.07) is 14.4. The van der Waals surface area contributed by atoms with Crippen LogP contribution in [0.25, 0.3) is 0 Å². The first-order valence-corrected chi connectivity index (χ1v) is 10.3. The van der Waals surface area contributed by atoms with Gasteiger partial charge in [-0.05, 0) is 30.3 Å². The van der Waals surface area contributed by atoms with Gasteiger partial charge in [0.2, 0.25) is 0 Å². The molecule has 0 fully saturated rings. The number of para-hydroxylation sites is 1. The summed E-state index contributed by atoms with van der Waals surface area (Å²) in [5.41, 5.74) is 2.32. The number of rotatable bonds is 6. The Morgan fingerprint density at radius 2 is 1.67 bits per heavy atom. The molecule has 0 saturated carbocycles. The molecule has 0 aliphatic carbocycles. The lowest BCUT2D eigenvalue weighted by Gasteiger charge is -2.36. The molecular formula is C21H23ClN2O5S. The molecule has 0 spiro atoms. The largest absolute Gasteiger partial charge is 0.633 e. The van der Waals surface area contributed by atoms with Gasteiger partial charge in [0.15, 0.2) is 0 Å². The summed E-state index contributed by atoms with van der Waals surface area (Å²) >= 11 is 7.95. The van der Waals surface area contributed by atoms with Gasteiger partial charge in [-0.2, -0.15) is 0 Å². The standard InChI is InChI=1S/C17H19ClN2OS.C4H4O4/c1-20(2,21)11-5-10-19-14-6-3-4-7-16(14)22-17-9-8-13(18)12-15(17)19;5-3(6)1-2-4(7)8/h3-4,6-9,12H,5,10-11H2,1-2H3;1-2H,(H,5,6)(H,7,8). The van der Waals surface area contributed by atoms with E-state index in [0.29, 0.717) is 18.7 Å². The lowest BCUT2D eigenvalue weighted by atomic mass is 10.2. The smallest absolute Gasteiger partial charge is 0.328 e. The van der Waals surface area contributed by atoms with Crippen LogP contribution in [0.2, 0.25) is 5.02 Å². The molecule has 160 valence electrons. The SMILES string of the molecule is C[N+](C)([O-])CCCN1c2ccccc2Sc2ccc(Cl)cc21.O=C(O)C=CC(=O)O. The van der Waals surface area contributed by atoms with Crippen LogP contribution in [-0.2, 0) is 9.59 Å². The van der Waals surface area contributed by atoms with Crippen molar-refractivity contribution in [3.05, 3.63) is 64.8 Å². The molecule has 2 N–H and O–H groups in total. The Labute approximate surface area is 184 Å². The van der Waals surface area contributed by atoms with Crippen molar-refractivity contribution in [2.75, 3.05) is 32.1 Å². The number of fused-ring (bicyclic) bond motifs is 2. The van der Waals surface area contributed by atoms with Crippen molar-refractivity contribution in [3.63, 3.8) is 0 Å². The lowest BCUT2D eigenvalue weighted by molar-refractivity contribution is -0.840. The predicted molar refractivity (Wildman–Crippen MR) is 118 cm³/mol. The Morgan fingerprint density at radius 3 is 2.27 bits per heavy atom. The van der Waals surface area contributed by atoms with Crippen molar-refractivity contribution in [3.8, 4) is 0 Å². The topological polar surface area (TPSA) is 101 Å². The van der Waals surface area contributed by atoms with Gasteiger partial charge >= 0.3 is 11.9 Å². The van der Waals surface area contributed by atoms with Crippen LogP contribution in [0.4, 0.5) is 11.4 Å². The van der Waals surface area contributed by atoms with E-state index in [4.69, 9.17) is 21.8 Å². The van der Waals surface area contributed by atoms with Gasteiger partial charge in [0.05, 0.1) is 32.0 Å². The number of nitrogens with zero attached hydrogens (tertiary/aromatic N) is 2. The summed E-state index contributed by atoms with van der Waals surface area (Å²) in [5.74, 6) is -2.51. The van der Waals surface area contributed by atoms with Gasteiger partial charge in [0, 0.05) is 39.9 Å². The number of carboxylic acids is 2. The van der Waals surface area contributed by atoms with Crippen molar-refractivity contribution < 1.29 is 24.4 Å². The van der Waals surface area contributed by atoms with Gasteiger partial charge in [-0.15, -0.1) is 0 Å². The normalized spacial score (nSPS) is 12.6. The Kier molecular flexibility index (Phi) is 8.31. The summed E-state index contributed by atoms with van der Waals surface area (Å²) in [6.07, 6.45) is 1.95. The Hall–Kier alpha value is -2.52. The van der Waals surface area contributed by atoms with Crippen LogP contribution in [-0.4, -0.2) is 54.0 Å². The van der Waals surface area contributed by atoms with Crippen molar-refractivity contribution in [2.24, 2.45) is 0 Å². The highest BCUT2D eigenvalue weighted by Crippen LogP contribution is 2.48. The van der Waals surface area contributed by atoms with Crippen molar-refractivity contribution >= 4 is 46.7 Å². The molecule has 0 radical (unpaired) electrons. The minimum absolute atomic E-state index is 0.257. The maximum absolute atomic E-state index is 11.8. The zero-order chi connectivity index (χ0) is 22.3. The molecule has 9 heteroatoms. The number of hydroxylamine groups is 3. The predicted octanol–water partition coefficient (Wildman–Crippen LogP) is 4.62. The van der Waals surface area contributed by atoms with Gasteiger partial charge in [0.1, 0.15) is 0 Å². The molecule has 0 atom stereocenters. The average molecular weight is 451 g/mol. The lowest BCUT2D eigenvalue weighted by Crippen LogP contribution is -2.35. The van der Waals surface area contributed by atoms with Crippen LogP contribution in [0, 0.1) is 5.21 Å². The van der Waals surface area contributed by atoms with Crippen LogP contribution < -0.4 is 4.90 Å². The Morgan fingerprint density at radius 1 is 1.07 bits per heavy atom. The van der Waals surface area contributed by atoms with Crippen LogP contribution >= 0.6 is 23.4 Å². The van der Waals surface area contributed by atoms with E-state index in [0.717, 1.165) is 23.7 Å². The minimum atomic E-state index is -1.26. The maximum Gasteiger partial charge on any atom is 0.328 e. The number of aliphatic carboxylic acids is 2. The highest BCUT2D eigenvalue weighted by Gasteiger charge is 2.23. The first kappa shape index (κ1) is 23.8. The molecule has 2 aromatic rings. The molecule has 0 bridgehead atoms. The number of halogens is 1. The van der Waals surface area contributed by atoms with E-state index in [9.17, 15) is 14.8 Å². The van der Waals surface area contributed by atoms with E-state index in [1.807, 2.05) is 12.1 Å². The molecule has 1 aliphatic heterocycles. The molecule has 1 heterocycles. The molecule has 7 nitrogen and oxygen atoms in total. The maximum atomic E-state index is 11.8. The first-order chi connectivity index (χ1) is 14.1. The number of carboxylic acid groups (broad SMARTS) is 2. The highest BCUT2D eigenvalue weighted by molar-refractivity contribution is 7.99. The molecule has 0 saturated heterocycles. The van der Waals surface area contributed by atoms with Crippen LogP contribution in [0.15, 0.2) is 64.4 Å². The fourth-order valence-electron chi connectivity index (χ4n) is 2.80. The number of anilines is 2. The number of quaternary nitrogens is 1. The summed E-state index contributed by atoms with van der Waals surface area (Å²) in [7, 11) is 3.37. The number of hydrogen-bond acceptors (Lipinski definition) is 5. The number of carbonyl (C=O) groups is 2. The van der Waals surface area contributed by atoms with Crippen molar-refractivity contribution in [1.29, 1.82) is 0 Å². The van der Waals surface area contributed by atoms with E-state index in [1.165, 1.54) is 15.5 Å². The fourth-order valence-corrected chi connectivity index (χ4v) is 4.04. The van der Waals surface area contributed by atoms with Gasteiger partial charge in [-0.3, -0.25) is 0 Å². The third-order valence-corrected chi connectivity index (χ3v) is 5.40. The first-order valence-electron chi connectivity index (χ1n) is 9.09. The molecule has 0 amide bonds. The highest BCUT2D eigenvalue weighted by atomic mass is 35.5. The average Bonchev–Trinajstić information content (AvgIpc) is 2.66. The third kappa shape index (κ3) is 7.38. The van der Waals surface area contributed by atoms with Crippen LogP contribution in [0.1, 0.15) is 6.42 Å². The molecule has 0 aromatic heterocycles. The second kappa shape index (κ2) is 10.5. The molecule has 2 aromatic carbocycles. The third-order valence-electron chi connectivity index (χ3n) is 4.03. The van der Waals surface area contributed by atoms with Gasteiger partial charge in [0.25, 0.3) is 0 Å². The summed E-state index contributed by atoms with van der Waals surface area (Å²) in [4.78, 5) is 23.8. The van der Waals surface area contributed by atoms with E-state index in [1.54, 1.807) is 25.9 Å². The van der Waals surface area contributed by atoms with Crippen molar-refractivity contribution in [1.82, 2.24) is 0 Å². The monoisotopic (exact) mass is 450 g/mol. The zero-order valence-corrected chi connectivity index (χ0v) is 18.2. The molecule has 0 unspecified atom stereocenters. The summed E-state index contributed by atoms with van der Waals surface area (Å²) in [6.45, 7) is 1.41. The molecular weight excluding hydrogens is 428 g/mol. The molecule has 1 aliphatic rings. The second-order valence-corrected chi connectivity index (χ2v) is 8.51. The van der Waals surface area contributed by atoms with Crippen molar-refractivity contribution in [2.45, 2.75) is 16.2 Å². The van der Waals surface area contributed by atoms with Gasteiger partial charge < -0.3 is 25.0 Å². The fraction of sp³-hybridized carbons (Fsp3) is 0.238. The van der Waals surface area contributed by atoms with Crippen LogP contribution in [0.3, 0.4) is 0 Å². The summed E-state index contributed by atoms with van der Waals surface area (Å²) < 4.78 is -0.257. The molecule has 3 rings (SSSR count). The Balaban J connectivity index is 0.000000343. The second-order valence-electron chi connectivity index (χ2n) is 6.99. The number of hydrogen-bond donors (Lipinski definition) is 2. The van der Waals surface area contributed by atoms with E-state index in [2.05, 4.69) is 35.2 Å². The quantitative estimate of drug-likeness (QED) is 0.376. The van der Waals surface area contributed by atoms with Gasteiger partial charge in [-0.1, -0.05) is 35.5 Å². The van der Waals surface area contributed by atoms with E-state index >= 15 is 0 Å². The Bertz CT molecular complexity index is 927. The van der Waals surface area contributed by atoms with E-state index in [-0.39, 0.29) is 4.65 Å². The minimum Gasteiger partial charge on any atom is -0.633 e. The van der Waals surface area contributed by atoms with Gasteiger partial charge in [-0.25, -0.2) is 9.59 Å². The summed E-state index contributed by atoms with van der Waals surface area (Å²) in [5, 5.41) is 28.1. The molecule has 30 heavy (non-hydrogen) atoms. The number of benzene rings is 2.